The van der Waals surface area contributed by atoms with Crippen molar-refractivity contribution in [1.29, 1.82) is 0 Å². The molecule has 0 aromatic heterocycles. The number of aliphatic carboxylic acids is 2. The lowest BCUT2D eigenvalue weighted by Gasteiger charge is -2.28. The molecule has 194 valence electrons. The van der Waals surface area contributed by atoms with Gasteiger partial charge in [0.1, 0.15) is 24.4 Å². The molecule has 7 N–H and O–H groups in total. The van der Waals surface area contributed by atoms with Gasteiger partial charge >= 0.3 is 17.9 Å². The Balaban J connectivity index is 2.05. The van der Waals surface area contributed by atoms with Crippen LogP contribution >= 0.6 is 11.8 Å². The molecule has 0 aromatic carbocycles. The van der Waals surface area contributed by atoms with Crippen LogP contribution in [0.3, 0.4) is 0 Å². The first-order valence-corrected chi connectivity index (χ1v) is 12.3. The van der Waals surface area contributed by atoms with Crippen LogP contribution in [0.2, 0.25) is 0 Å². The maximum Gasteiger partial charge on any atom is 0.342 e. The van der Waals surface area contributed by atoms with Crippen molar-refractivity contribution < 1.29 is 44.0 Å². The van der Waals surface area contributed by atoms with E-state index in [0.717, 1.165) is 24.6 Å². The van der Waals surface area contributed by atoms with Gasteiger partial charge in [0.15, 0.2) is 0 Å². The summed E-state index contributed by atoms with van der Waals surface area (Å²) in [6.45, 7) is 1.34. The van der Waals surface area contributed by atoms with Gasteiger partial charge in [-0.3, -0.25) is 19.2 Å². The molecular weight excluding hydrogens is 482 g/mol. The zero-order chi connectivity index (χ0) is 26.1. The second-order valence-electron chi connectivity index (χ2n) is 8.21. The van der Waals surface area contributed by atoms with Crippen LogP contribution in [0.25, 0.3) is 0 Å². The molecule has 2 rings (SSSR count). The third-order valence-electron chi connectivity index (χ3n) is 5.53. The van der Waals surface area contributed by atoms with Crippen LogP contribution in [0.5, 0.6) is 0 Å². The van der Waals surface area contributed by atoms with E-state index >= 15 is 0 Å². The summed E-state index contributed by atoms with van der Waals surface area (Å²) >= 11 is 1.16. The van der Waals surface area contributed by atoms with Gasteiger partial charge in [-0.25, -0.2) is 4.79 Å². The van der Waals surface area contributed by atoms with Crippen LogP contribution in [0.1, 0.15) is 45.4 Å². The lowest BCUT2D eigenvalue weighted by atomic mass is 9.89. The number of carboxylic acid groups (broad SMARTS) is 2. The van der Waals surface area contributed by atoms with Crippen LogP contribution in [-0.4, -0.2) is 80.8 Å². The number of allylic oxidation sites excluding steroid dienone is 2. The molecule has 0 saturated carbocycles. The molecule has 0 saturated heterocycles. The van der Waals surface area contributed by atoms with Crippen LogP contribution in [0.15, 0.2) is 23.0 Å². The monoisotopic (exact) mass is 513 g/mol. The zero-order valence-corrected chi connectivity index (χ0v) is 20.1. The van der Waals surface area contributed by atoms with Crippen molar-refractivity contribution in [2.75, 3.05) is 12.3 Å². The highest BCUT2D eigenvalue weighted by Gasteiger charge is 2.41. The molecule has 1 aliphatic heterocycles. The fourth-order valence-corrected chi connectivity index (χ4v) is 4.92. The standard InChI is InChI=1S/C22H31N3O9S/c1-2-3-4-14-11-5-7-15(19(29)18(11)22(33)34-14)35-10-13(20(30)24-9-17(27)28)25-16(26)8-6-12(23)21(31)32/h4,12-13,15,19,29H,2-3,5-10,23H2,1H3,(H,24,30)(H,25,26)(H,27,28)(H,31,32). The Morgan fingerprint density at radius 2 is 2.00 bits per heavy atom. The number of carbonyl (C=O) groups is 5. The molecule has 1 aliphatic carbocycles. The molecule has 1 heterocycles. The summed E-state index contributed by atoms with van der Waals surface area (Å²) in [5, 5.41) is 32.7. The minimum Gasteiger partial charge on any atom is -0.480 e. The highest BCUT2D eigenvalue weighted by molar-refractivity contribution is 8.00. The van der Waals surface area contributed by atoms with Gasteiger partial charge in [-0.2, -0.15) is 11.8 Å². The first-order valence-electron chi connectivity index (χ1n) is 11.3. The average molecular weight is 514 g/mol. The summed E-state index contributed by atoms with van der Waals surface area (Å²) in [7, 11) is 0. The summed E-state index contributed by atoms with van der Waals surface area (Å²) < 4.78 is 5.31. The Morgan fingerprint density at radius 3 is 2.63 bits per heavy atom. The van der Waals surface area contributed by atoms with Gasteiger partial charge in [-0.15, -0.1) is 0 Å². The number of nitrogens with one attached hydrogen (secondary N) is 2. The number of esters is 1. The van der Waals surface area contributed by atoms with Crippen LogP contribution in [-0.2, 0) is 28.7 Å². The maximum absolute atomic E-state index is 12.5. The molecule has 12 nitrogen and oxygen atoms in total. The normalized spacial score (nSPS) is 22.3. The van der Waals surface area contributed by atoms with Crippen molar-refractivity contribution in [3.8, 4) is 0 Å². The second-order valence-corrected chi connectivity index (χ2v) is 9.48. The smallest absolute Gasteiger partial charge is 0.342 e. The van der Waals surface area contributed by atoms with E-state index in [0.29, 0.717) is 24.2 Å². The van der Waals surface area contributed by atoms with Crippen molar-refractivity contribution in [1.82, 2.24) is 10.6 Å². The molecule has 4 unspecified atom stereocenters. The average Bonchev–Trinajstić information content (AvgIpc) is 3.13. The molecule has 2 aliphatic rings. The van der Waals surface area contributed by atoms with Gasteiger partial charge in [0.25, 0.3) is 0 Å². The Labute approximate surface area is 206 Å². The fourth-order valence-electron chi connectivity index (χ4n) is 3.64. The molecule has 4 atom stereocenters. The molecule has 0 bridgehead atoms. The number of hydrogen-bond acceptors (Lipinski definition) is 9. The zero-order valence-electron chi connectivity index (χ0n) is 19.3. The van der Waals surface area contributed by atoms with Gasteiger partial charge < -0.3 is 36.4 Å². The van der Waals surface area contributed by atoms with E-state index in [2.05, 4.69) is 10.6 Å². The third-order valence-corrected chi connectivity index (χ3v) is 6.98. The SMILES string of the molecule is CCCC=C1OC(=O)C2=C1CCC(SCC(NC(=O)CCC(N)C(=O)O)C(=O)NCC(=O)O)C2O. The van der Waals surface area contributed by atoms with Gasteiger partial charge in [0, 0.05) is 23.0 Å². The number of amides is 2. The highest BCUT2D eigenvalue weighted by atomic mass is 32.2. The lowest BCUT2D eigenvalue weighted by Crippen LogP contribution is -2.50. The summed E-state index contributed by atoms with van der Waals surface area (Å²) in [5.41, 5.74) is 6.29. The third kappa shape index (κ3) is 8.08. The first-order chi connectivity index (χ1) is 16.5. The van der Waals surface area contributed by atoms with Crippen molar-refractivity contribution in [3.63, 3.8) is 0 Å². The van der Waals surface area contributed by atoms with Crippen LogP contribution in [0.4, 0.5) is 0 Å². The number of carbonyl (C=O) groups excluding carboxylic acids is 3. The number of rotatable bonds is 13. The maximum atomic E-state index is 12.5. The number of unbranched alkanes of at least 4 members (excludes halogenated alkanes) is 1. The number of hydrogen-bond donors (Lipinski definition) is 6. The predicted octanol–water partition coefficient (Wildman–Crippen LogP) is -0.342. The molecule has 35 heavy (non-hydrogen) atoms. The van der Waals surface area contributed by atoms with E-state index < -0.39 is 59.7 Å². The Hall–Kier alpha value is -2.90. The summed E-state index contributed by atoms with van der Waals surface area (Å²) in [5.74, 6) is -4.03. The molecule has 0 fully saturated rings. The van der Waals surface area contributed by atoms with E-state index in [1.807, 2.05) is 13.0 Å². The summed E-state index contributed by atoms with van der Waals surface area (Å²) in [4.78, 5) is 58.7. The molecule has 0 spiro atoms. The van der Waals surface area contributed by atoms with E-state index in [-0.39, 0.29) is 24.2 Å². The van der Waals surface area contributed by atoms with E-state index in [9.17, 15) is 29.1 Å². The van der Waals surface area contributed by atoms with Crippen LogP contribution < -0.4 is 16.4 Å². The largest absolute Gasteiger partial charge is 0.480 e. The number of aliphatic hydroxyl groups is 1. The molecule has 13 heteroatoms. The van der Waals surface area contributed by atoms with Crippen molar-refractivity contribution in [2.24, 2.45) is 5.73 Å². The molecule has 2 amide bonds. The summed E-state index contributed by atoms with van der Waals surface area (Å²) in [6, 6.07) is -2.39. The van der Waals surface area contributed by atoms with Crippen molar-refractivity contribution in [3.05, 3.63) is 23.0 Å². The van der Waals surface area contributed by atoms with Gasteiger partial charge in [-0.1, -0.05) is 13.3 Å². The summed E-state index contributed by atoms with van der Waals surface area (Å²) in [6.07, 6.45) is 2.91. The van der Waals surface area contributed by atoms with Gasteiger partial charge in [0.2, 0.25) is 11.8 Å². The first kappa shape index (κ1) is 28.3. The Morgan fingerprint density at radius 1 is 1.29 bits per heavy atom. The van der Waals surface area contributed by atoms with Gasteiger partial charge in [-0.05, 0) is 31.8 Å². The number of nitrogens with two attached hydrogens (primary N) is 1. The molecule has 0 radical (unpaired) electrons. The second kappa shape index (κ2) is 13.3. The minimum atomic E-state index is -1.27. The number of thioether (sulfide) groups is 1. The predicted molar refractivity (Wildman–Crippen MR) is 125 cm³/mol. The molecular formula is C22H31N3O9S. The van der Waals surface area contributed by atoms with Crippen LogP contribution in [0, 0.1) is 0 Å². The van der Waals surface area contributed by atoms with Crippen molar-refractivity contribution >= 4 is 41.5 Å². The fraction of sp³-hybridized carbons (Fsp3) is 0.591. The Kier molecular flexibility index (Phi) is 10.7. The van der Waals surface area contributed by atoms with Gasteiger partial charge in [0.05, 0.1) is 11.7 Å². The number of cyclic esters (lactones) is 1. The Bertz CT molecular complexity index is 918. The van der Waals surface area contributed by atoms with E-state index in [4.69, 9.17) is 20.7 Å². The highest BCUT2D eigenvalue weighted by Crippen LogP contribution is 2.41. The van der Waals surface area contributed by atoms with E-state index in [1.54, 1.807) is 0 Å². The minimum absolute atomic E-state index is 0.0138. The lowest BCUT2D eigenvalue weighted by molar-refractivity contribution is -0.139. The number of ether oxygens (including phenoxy) is 1. The number of aliphatic hydroxyl groups excluding tert-OH is 1. The topological polar surface area (TPSA) is 205 Å². The quantitative estimate of drug-likeness (QED) is 0.176. The number of carboxylic acids is 2. The van der Waals surface area contributed by atoms with Crippen molar-refractivity contribution in [2.45, 2.75) is 68.9 Å². The molecule has 0 aromatic rings. The van der Waals surface area contributed by atoms with E-state index in [1.165, 1.54) is 0 Å².